The number of nitrogen functional groups attached to an aromatic ring is 2. The molecule has 3 aromatic rings. The number of nitrogens with zero attached hydrogens (tertiary/aromatic N) is 2. The number of hydrogen-bond donors (Lipinski definition) is 2. The molecule has 0 amide bonds. The van der Waals surface area contributed by atoms with Crippen LogP contribution in [0.3, 0.4) is 0 Å². The van der Waals surface area contributed by atoms with E-state index in [1.807, 2.05) is 60.7 Å². The van der Waals surface area contributed by atoms with Crippen molar-refractivity contribution in [3.05, 3.63) is 60.7 Å². The van der Waals surface area contributed by atoms with Crippen LogP contribution in [0, 0.1) is 0 Å². The Morgan fingerprint density at radius 1 is 0.667 bits per heavy atom. The number of rotatable bonds is 2. The number of anilines is 2. The van der Waals surface area contributed by atoms with Gasteiger partial charge in [-0.15, -0.1) is 12.4 Å². The molecule has 0 bridgehead atoms. The molecule has 0 aliphatic carbocycles. The molecule has 0 unspecified atom stereocenters. The molecule has 0 fully saturated rings. The minimum absolute atomic E-state index is 0. The van der Waals surface area contributed by atoms with Crippen molar-refractivity contribution in [3.8, 4) is 22.4 Å². The highest BCUT2D eigenvalue weighted by Crippen LogP contribution is 2.34. The third kappa shape index (κ3) is 2.95. The molecule has 21 heavy (non-hydrogen) atoms. The van der Waals surface area contributed by atoms with Gasteiger partial charge < -0.3 is 11.5 Å². The fourth-order valence-electron chi connectivity index (χ4n) is 2.19. The van der Waals surface area contributed by atoms with Gasteiger partial charge >= 0.3 is 0 Å². The second-order valence-electron chi connectivity index (χ2n) is 4.42. The average Bonchev–Trinajstić information content (AvgIpc) is 2.48. The smallest absolute Gasteiger partial charge is 0.222 e. The lowest BCUT2D eigenvalue weighted by Gasteiger charge is -2.12. The van der Waals surface area contributed by atoms with Gasteiger partial charge in [-0.1, -0.05) is 60.7 Å². The fourth-order valence-corrected chi connectivity index (χ4v) is 2.19. The summed E-state index contributed by atoms with van der Waals surface area (Å²) in [6.07, 6.45) is 0. The van der Waals surface area contributed by atoms with E-state index in [0.29, 0.717) is 5.82 Å². The normalized spacial score (nSPS) is 9.90. The highest BCUT2D eigenvalue weighted by Gasteiger charge is 2.14. The van der Waals surface area contributed by atoms with Crippen LogP contribution in [-0.2, 0) is 0 Å². The highest BCUT2D eigenvalue weighted by molar-refractivity contribution is 5.87. The van der Waals surface area contributed by atoms with Gasteiger partial charge in [-0.2, -0.15) is 4.98 Å². The van der Waals surface area contributed by atoms with Crippen molar-refractivity contribution in [2.75, 3.05) is 11.5 Å². The van der Waals surface area contributed by atoms with Gasteiger partial charge in [0.25, 0.3) is 0 Å². The maximum absolute atomic E-state index is 6.06. The molecule has 0 spiro atoms. The Kier molecular flexibility index (Phi) is 4.40. The van der Waals surface area contributed by atoms with E-state index >= 15 is 0 Å². The fraction of sp³-hybridized carbons (Fsp3) is 0. The highest BCUT2D eigenvalue weighted by atomic mass is 35.5. The summed E-state index contributed by atoms with van der Waals surface area (Å²) in [6, 6.07) is 19.7. The van der Waals surface area contributed by atoms with Crippen LogP contribution < -0.4 is 11.5 Å². The molecule has 106 valence electrons. The molecule has 4 nitrogen and oxygen atoms in total. The zero-order valence-electron chi connectivity index (χ0n) is 11.2. The Bertz CT molecular complexity index is 730. The van der Waals surface area contributed by atoms with Gasteiger partial charge in [0, 0.05) is 5.56 Å². The van der Waals surface area contributed by atoms with E-state index in [1.54, 1.807) is 0 Å². The monoisotopic (exact) mass is 298 g/mol. The average molecular weight is 299 g/mol. The Balaban J connectivity index is 0.00000161. The van der Waals surface area contributed by atoms with E-state index in [9.17, 15) is 0 Å². The van der Waals surface area contributed by atoms with E-state index in [1.165, 1.54) is 0 Å². The summed E-state index contributed by atoms with van der Waals surface area (Å²) in [7, 11) is 0. The minimum Gasteiger partial charge on any atom is -0.383 e. The molecule has 0 aliphatic rings. The maximum Gasteiger partial charge on any atom is 0.222 e. The molecule has 0 aliphatic heterocycles. The summed E-state index contributed by atoms with van der Waals surface area (Å²) in [5, 5.41) is 0. The molecule has 3 rings (SSSR count). The summed E-state index contributed by atoms with van der Waals surface area (Å²) < 4.78 is 0. The third-order valence-corrected chi connectivity index (χ3v) is 3.06. The lowest BCUT2D eigenvalue weighted by Crippen LogP contribution is -2.04. The van der Waals surface area contributed by atoms with Gasteiger partial charge in [0.05, 0.1) is 11.3 Å². The number of hydrogen-bond acceptors (Lipinski definition) is 4. The Labute approximate surface area is 129 Å². The quantitative estimate of drug-likeness (QED) is 0.760. The van der Waals surface area contributed by atoms with Gasteiger partial charge in [0.15, 0.2) is 0 Å². The summed E-state index contributed by atoms with van der Waals surface area (Å²) in [5.74, 6) is 0.573. The molecule has 5 heteroatoms. The Morgan fingerprint density at radius 2 is 1.19 bits per heavy atom. The van der Waals surface area contributed by atoms with Gasteiger partial charge in [-0.05, 0) is 5.56 Å². The first-order chi connectivity index (χ1) is 9.75. The SMILES string of the molecule is Cl.Nc1nc(N)c(-c2ccccc2)c(-c2ccccc2)n1. The van der Waals surface area contributed by atoms with Crippen molar-refractivity contribution in [2.45, 2.75) is 0 Å². The Hall–Kier alpha value is -2.59. The first-order valence-electron chi connectivity index (χ1n) is 6.29. The van der Waals surface area contributed by atoms with Crippen LogP contribution in [0.2, 0.25) is 0 Å². The summed E-state index contributed by atoms with van der Waals surface area (Å²) in [5.41, 5.74) is 15.3. The largest absolute Gasteiger partial charge is 0.383 e. The van der Waals surface area contributed by atoms with Crippen LogP contribution in [0.1, 0.15) is 0 Å². The number of halogens is 1. The molecule has 0 saturated heterocycles. The van der Waals surface area contributed by atoms with Gasteiger partial charge in [0.1, 0.15) is 5.82 Å². The molecule has 0 saturated carbocycles. The molecule has 4 N–H and O–H groups in total. The predicted molar refractivity (Wildman–Crippen MR) is 89.0 cm³/mol. The molecule has 0 atom stereocenters. The summed E-state index contributed by atoms with van der Waals surface area (Å²) in [4.78, 5) is 8.45. The third-order valence-electron chi connectivity index (χ3n) is 3.06. The predicted octanol–water partition coefficient (Wildman–Crippen LogP) is 3.40. The van der Waals surface area contributed by atoms with Crippen LogP contribution in [-0.4, -0.2) is 9.97 Å². The van der Waals surface area contributed by atoms with Crippen molar-refractivity contribution in [2.24, 2.45) is 0 Å². The second kappa shape index (κ2) is 6.24. The zero-order valence-corrected chi connectivity index (χ0v) is 12.0. The van der Waals surface area contributed by atoms with E-state index in [-0.39, 0.29) is 18.4 Å². The van der Waals surface area contributed by atoms with Crippen molar-refractivity contribution in [1.82, 2.24) is 9.97 Å². The van der Waals surface area contributed by atoms with E-state index < -0.39 is 0 Å². The van der Waals surface area contributed by atoms with Gasteiger partial charge in [-0.25, -0.2) is 4.98 Å². The summed E-state index contributed by atoms with van der Waals surface area (Å²) >= 11 is 0. The van der Waals surface area contributed by atoms with Gasteiger partial charge in [0.2, 0.25) is 5.95 Å². The summed E-state index contributed by atoms with van der Waals surface area (Å²) in [6.45, 7) is 0. The first kappa shape index (κ1) is 14.8. The minimum atomic E-state index is 0. The zero-order chi connectivity index (χ0) is 13.9. The first-order valence-corrected chi connectivity index (χ1v) is 6.29. The van der Waals surface area contributed by atoms with E-state index in [2.05, 4.69) is 9.97 Å². The number of aromatic nitrogens is 2. The van der Waals surface area contributed by atoms with Crippen molar-refractivity contribution >= 4 is 24.2 Å². The standard InChI is InChI=1S/C16H14N4.ClH/c17-15-13(11-7-3-1-4-8-11)14(19-16(18)20-15)12-9-5-2-6-10-12;/h1-10H,(H4,17,18,19,20);1H. The molecule has 1 heterocycles. The van der Waals surface area contributed by atoms with Crippen LogP contribution in [0.15, 0.2) is 60.7 Å². The van der Waals surface area contributed by atoms with Crippen LogP contribution in [0.25, 0.3) is 22.4 Å². The van der Waals surface area contributed by atoms with Gasteiger partial charge in [-0.3, -0.25) is 0 Å². The Morgan fingerprint density at radius 3 is 1.76 bits per heavy atom. The van der Waals surface area contributed by atoms with E-state index in [0.717, 1.165) is 22.4 Å². The number of benzene rings is 2. The topological polar surface area (TPSA) is 77.8 Å². The maximum atomic E-state index is 6.06. The lowest BCUT2D eigenvalue weighted by atomic mass is 10.00. The van der Waals surface area contributed by atoms with Crippen molar-refractivity contribution < 1.29 is 0 Å². The number of nitrogens with two attached hydrogens (primary N) is 2. The van der Waals surface area contributed by atoms with Crippen LogP contribution in [0.5, 0.6) is 0 Å². The molecular formula is C16H15ClN4. The van der Waals surface area contributed by atoms with Crippen LogP contribution in [0.4, 0.5) is 11.8 Å². The molecule has 0 radical (unpaired) electrons. The van der Waals surface area contributed by atoms with Crippen LogP contribution >= 0.6 is 12.4 Å². The molecular weight excluding hydrogens is 284 g/mol. The molecule has 1 aromatic heterocycles. The van der Waals surface area contributed by atoms with E-state index in [4.69, 9.17) is 11.5 Å². The van der Waals surface area contributed by atoms with Crippen molar-refractivity contribution in [3.63, 3.8) is 0 Å². The lowest BCUT2D eigenvalue weighted by molar-refractivity contribution is 1.20. The second-order valence-corrected chi connectivity index (χ2v) is 4.42. The van der Waals surface area contributed by atoms with Crippen molar-refractivity contribution in [1.29, 1.82) is 0 Å². The molecule has 2 aromatic carbocycles.